The number of benzene rings is 2. The Hall–Kier alpha value is -2.27. The SMILES string of the molecule is Cc1ccc(C)c(SCC(=O)Nc2ccccc2C(N)=O)c1. The normalized spacial score (nSPS) is 10.3. The Bertz CT molecular complexity index is 714. The van der Waals surface area contributed by atoms with Gasteiger partial charge in [0.05, 0.1) is 17.0 Å². The molecule has 0 atom stereocenters. The number of thioether (sulfide) groups is 1. The number of primary amides is 1. The lowest BCUT2D eigenvalue weighted by atomic mass is 10.1. The quantitative estimate of drug-likeness (QED) is 0.833. The second kappa shape index (κ2) is 7.13. The molecule has 0 heterocycles. The molecule has 0 saturated carbocycles. The van der Waals surface area contributed by atoms with E-state index in [1.54, 1.807) is 24.3 Å². The summed E-state index contributed by atoms with van der Waals surface area (Å²) in [6, 6.07) is 12.9. The number of carbonyl (C=O) groups excluding carboxylic acids is 2. The molecule has 2 amide bonds. The Labute approximate surface area is 134 Å². The van der Waals surface area contributed by atoms with E-state index in [1.807, 2.05) is 26.0 Å². The molecule has 2 rings (SSSR count). The van der Waals surface area contributed by atoms with E-state index in [0.717, 1.165) is 16.0 Å². The highest BCUT2D eigenvalue weighted by molar-refractivity contribution is 8.00. The molecule has 0 spiro atoms. The molecule has 0 saturated heterocycles. The third kappa shape index (κ3) is 4.11. The molecule has 2 aromatic rings. The van der Waals surface area contributed by atoms with Gasteiger partial charge >= 0.3 is 0 Å². The zero-order valence-electron chi connectivity index (χ0n) is 12.6. The van der Waals surface area contributed by atoms with Gasteiger partial charge in [0.2, 0.25) is 5.91 Å². The molecule has 5 heteroatoms. The Kier molecular flexibility index (Phi) is 5.22. The van der Waals surface area contributed by atoms with E-state index in [2.05, 4.69) is 11.4 Å². The molecular weight excluding hydrogens is 296 g/mol. The highest BCUT2D eigenvalue weighted by Gasteiger charge is 2.11. The number of rotatable bonds is 5. The zero-order valence-corrected chi connectivity index (χ0v) is 13.4. The number of nitrogens with two attached hydrogens (primary N) is 1. The highest BCUT2D eigenvalue weighted by Crippen LogP contribution is 2.24. The fourth-order valence-electron chi connectivity index (χ4n) is 2.00. The van der Waals surface area contributed by atoms with E-state index < -0.39 is 5.91 Å². The largest absolute Gasteiger partial charge is 0.366 e. The van der Waals surface area contributed by atoms with Crippen molar-refractivity contribution in [3.63, 3.8) is 0 Å². The van der Waals surface area contributed by atoms with E-state index in [9.17, 15) is 9.59 Å². The van der Waals surface area contributed by atoms with Crippen molar-refractivity contribution in [2.45, 2.75) is 18.7 Å². The van der Waals surface area contributed by atoms with Crippen LogP contribution in [0.3, 0.4) is 0 Å². The van der Waals surface area contributed by atoms with Crippen molar-refractivity contribution in [3.8, 4) is 0 Å². The van der Waals surface area contributed by atoms with Gasteiger partial charge in [0.25, 0.3) is 5.91 Å². The Balaban J connectivity index is 2.02. The lowest BCUT2D eigenvalue weighted by molar-refractivity contribution is -0.113. The maximum Gasteiger partial charge on any atom is 0.250 e. The molecule has 0 aromatic heterocycles. The molecule has 0 bridgehead atoms. The Morgan fingerprint density at radius 2 is 1.86 bits per heavy atom. The number of hydrogen-bond acceptors (Lipinski definition) is 3. The van der Waals surface area contributed by atoms with Gasteiger partial charge in [0.1, 0.15) is 0 Å². The van der Waals surface area contributed by atoms with Crippen LogP contribution in [0.1, 0.15) is 21.5 Å². The van der Waals surface area contributed by atoms with Gasteiger partial charge in [0, 0.05) is 4.90 Å². The van der Waals surface area contributed by atoms with Crippen molar-refractivity contribution in [3.05, 3.63) is 59.2 Å². The summed E-state index contributed by atoms with van der Waals surface area (Å²) in [6.45, 7) is 4.04. The van der Waals surface area contributed by atoms with Crippen LogP contribution in [0.5, 0.6) is 0 Å². The number of hydrogen-bond donors (Lipinski definition) is 2. The molecular formula is C17H18N2O2S. The fraction of sp³-hybridized carbons (Fsp3) is 0.176. The first-order chi connectivity index (χ1) is 10.5. The lowest BCUT2D eigenvalue weighted by Crippen LogP contribution is -2.19. The van der Waals surface area contributed by atoms with Crippen molar-refractivity contribution in [2.75, 3.05) is 11.1 Å². The summed E-state index contributed by atoms with van der Waals surface area (Å²) in [4.78, 5) is 24.5. The first kappa shape index (κ1) is 16.1. The standard InChI is InChI=1S/C17H18N2O2S/c1-11-7-8-12(2)15(9-11)22-10-16(20)19-14-6-4-3-5-13(14)17(18)21/h3-9H,10H2,1-2H3,(H2,18,21)(H,19,20). The van der Waals surface area contributed by atoms with Crippen molar-refractivity contribution in [1.29, 1.82) is 0 Å². The van der Waals surface area contributed by atoms with Crippen LogP contribution in [-0.4, -0.2) is 17.6 Å². The van der Waals surface area contributed by atoms with Gasteiger partial charge in [-0.15, -0.1) is 11.8 Å². The van der Waals surface area contributed by atoms with Crippen molar-refractivity contribution in [1.82, 2.24) is 0 Å². The summed E-state index contributed by atoms with van der Waals surface area (Å²) >= 11 is 1.47. The van der Waals surface area contributed by atoms with Crippen LogP contribution in [0.25, 0.3) is 0 Å². The van der Waals surface area contributed by atoms with Gasteiger partial charge in [-0.05, 0) is 37.6 Å². The Morgan fingerprint density at radius 1 is 1.14 bits per heavy atom. The highest BCUT2D eigenvalue weighted by atomic mass is 32.2. The molecule has 4 nitrogen and oxygen atoms in total. The summed E-state index contributed by atoms with van der Waals surface area (Å²) in [7, 11) is 0. The molecule has 3 N–H and O–H groups in total. The molecule has 0 aliphatic heterocycles. The summed E-state index contributed by atoms with van der Waals surface area (Å²) in [6.07, 6.45) is 0. The van der Waals surface area contributed by atoms with Crippen LogP contribution in [-0.2, 0) is 4.79 Å². The van der Waals surface area contributed by atoms with Crippen LogP contribution < -0.4 is 11.1 Å². The van der Waals surface area contributed by atoms with Crippen LogP contribution in [0.15, 0.2) is 47.4 Å². The van der Waals surface area contributed by atoms with E-state index in [1.165, 1.54) is 11.8 Å². The summed E-state index contributed by atoms with van der Waals surface area (Å²) in [5.74, 6) is -0.449. The van der Waals surface area contributed by atoms with Crippen LogP contribution in [0, 0.1) is 13.8 Å². The molecule has 0 unspecified atom stereocenters. The smallest absolute Gasteiger partial charge is 0.250 e. The molecule has 0 radical (unpaired) electrons. The van der Waals surface area contributed by atoms with Crippen LogP contribution in [0.2, 0.25) is 0 Å². The minimum Gasteiger partial charge on any atom is -0.366 e. The predicted octanol–water partition coefficient (Wildman–Crippen LogP) is 3.13. The summed E-state index contributed by atoms with van der Waals surface area (Å²) in [5, 5.41) is 2.74. The second-order valence-corrected chi connectivity index (χ2v) is 6.03. The zero-order chi connectivity index (χ0) is 16.1. The molecule has 0 aliphatic carbocycles. The molecule has 2 aromatic carbocycles. The maximum absolute atomic E-state index is 12.1. The monoisotopic (exact) mass is 314 g/mol. The number of aryl methyl sites for hydroxylation is 2. The number of nitrogens with one attached hydrogen (secondary N) is 1. The molecule has 0 aliphatic rings. The number of anilines is 1. The first-order valence-corrected chi connectivity index (χ1v) is 7.84. The number of amides is 2. The topological polar surface area (TPSA) is 72.2 Å². The summed E-state index contributed by atoms with van der Waals surface area (Å²) in [5.41, 5.74) is 8.35. The average molecular weight is 314 g/mol. The molecule has 0 fully saturated rings. The van der Waals surface area contributed by atoms with Gasteiger partial charge in [-0.1, -0.05) is 29.8 Å². The van der Waals surface area contributed by atoms with Crippen molar-refractivity contribution in [2.24, 2.45) is 5.73 Å². The summed E-state index contributed by atoms with van der Waals surface area (Å²) < 4.78 is 0. The number of carbonyl (C=O) groups is 2. The third-order valence-corrected chi connectivity index (χ3v) is 4.33. The van der Waals surface area contributed by atoms with Crippen molar-refractivity contribution >= 4 is 29.3 Å². The van der Waals surface area contributed by atoms with Gasteiger partial charge in [-0.25, -0.2) is 0 Å². The van der Waals surface area contributed by atoms with E-state index in [0.29, 0.717) is 11.3 Å². The molecule has 114 valence electrons. The van der Waals surface area contributed by atoms with Gasteiger partial charge < -0.3 is 11.1 Å². The number of para-hydroxylation sites is 1. The maximum atomic E-state index is 12.1. The Morgan fingerprint density at radius 3 is 2.59 bits per heavy atom. The third-order valence-electron chi connectivity index (χ3n) is 3.17. The average Bonchev–Trinajstić information content (AvgIpc) is 2.48. The van der Waals surface area contributed by atoms with E-state index in [-0.39, 0.29) is 11.7 Å². The van der Waals surface area contributed by atoms with Crippen molar-refractivity contribution < 1.29 is 9.59 Å². The second-order valence-electron chi connectivity index (χ2n) is 5.02. The van der Waals surface area contributed by atoms with Crippen LogP contribution >= 0.6 is 11.8 Å². The van der Waals surface area contributed by atoms with Gasteiger partial charge in [0.15, 0.2) is 0 Å². The minimum atomic E-state index is -0.557. The predicted molar refractivity (Wildman–Crippen MR) is 90.2 cm³/mol. The van der Waals surface area contributed by atoms with Gasteiger partial charge in [-0.2, -0.15) is 0 Å². The fourth-order valence-corrected chi connectivity index (χ4v) is 2.92. The van der Waals surface area contributed by atoms with E-state index in [4.69, 9.17) is 5.73 Å². The first-order valence-electron chi connectivity index (χ1n) is 6.86. The van der Waals surface area contributed by atoms with E-state index >= 15 is 0 Å². The van der Waals surface area contributed by atoms with Crippen LogP contribution in [0.4, 0.5) is 5.69 Å². The molecule has 22 heavy (non-hydrogen) atoms. The van der Waals surface area contributed by atoms with Gasteiger partial charge in [-0.3, -0.25) is 9.59 Å². The lowest BCUT2D eigenvalue weighted by Gasteiger charge is -2.10. The minimum absolute atomic E-state index is 0.167.